The number of fused-ring (bicyclic) bond motifs is 1. The first-order chi connectivity index (χ1) is 7.74. The van der Waals surface area contributed by atoms with Gasteiger partial charge in [-0.05, 0) is 12.8 Å². The van der Waals surface area contributed by atoms with Gasteiger partial charge in [0, 0.05) is 12.3 Å². The molecule has 1 saturated carbocycles. The third-order valence-electron chi connectivity index (χ3n) is 3.72. The van der Waals surface area contributed by atoms with Crippen molar-refractivity contribution in [2.45, 2.75) is 42.8 Å². The zero-order valence-electron chi connectivity index (χ0n) is 8.98. The molecule has 4 nitrogen and oxygen atoms in total. The highest BCUT2D eigenvalue weighted by molar-refractivity contribution is 7.99. The van der Waals surface area contributed by atoms with Crippen LogP contribution in [0.5, 0.6) is 0 Å². The fourth-order valence-electron chi connectivity index (χ4n) is 2.86. The Kier molecular flexibility index (Phi) is 2.24. The molecule has 3 rings (SSSR count). The monoisotopic (exact) mass is 238 g/mol. The van der Waals surface area contributed by atoms with Gasteiger partial charge in [-0.1, -0.05) is 24.6 Å². The quantitative estimate of drug-likeness (QED) is 0.854. The van der Waals surface area contributed by atoms with E-state index < -0.39 is 11.4 Å². The largest absolute Gasteiger partial charge is 0.481 e. The zero-order chi connectivity index (χ0) is 11.2. The molecule has 1 fully saturated rings. The van der Waals surface area contributed by atoms with Crippen molar-refractivity contribution in [1.82, 2.24) is 9.55 Å². The van der Waals surface area contributed by atoms with Crippen molar-refractivity contribution >= 4 is 17.7 Å². The van der Waals surface area contributed by atoms with Gasteiger partial charge in [0.2, 0.25) is 0 Å². The number of carboxylic acids is 1. The molecule has 16 heavy (non-hydrogen) atoms. The molecule has 1 aromatic heterocycles. The van der Waals surface area contributed by atoms with E-state index in [1.807, 2.05) is 0 Å². The number of nitrogens with zero attached hydrogens (tertiary/aromatic N) is 2. The van der Waals surface area contributed by atoms with Crippen molar-refractivity contribution in [3.8, 4) is 0 Å². The van der Waals surface area contributed by atoms with E-state index in [0.717, 1.165) is 48.8 Å². The average molecular weight is 238 g/mol. The van der Waals surface area contributed by atoms with Gasteiger partial charge in [0.1, 0.15) is 5.41 Å². The van der Waals surface area contributed by atoms with Crippen LogP contribution >= 0.6 is 11.8 Å². The molecule has 0 aromatic carbocycles. The lowest BCUT2D eigenvalue weighted by molar-refractivity contribution is -0.143. The number of rotatable bonds is 2. The molecule has 1 aliphatic heterocycles. The van der Waals surface area contributed by atoms with E-state index in [1.54, 1.807) is 18.0 Å². The normalized spacial score (nSPS) is 22.2. The van der Waals surface area contributed by atoms with Gasteiger partial charge >= 0.3 is 5.97 Å². The van der Waals surface area contributed by atoms with Crippen LogP contribution in [0, 0.1) is 0 Å². The van der Waals surface area contributed by atoms with Gasteiger partial charge in [0.05, 0.1) is 11.9 Å². The van der Waals surface area contributed by atoms with Gasteiger partial charge in [-0.2, -0.15) is 0 Å². The van der Waals surface area contributed by atoms with Crippen LogP contribution in [0.4, 0.5) is 0 Å². The van der Waals surface area contributed by atoms with Crippen LogP contribution in [0.2, 0.25) is 0 Å². The minimum absolute atomic E-state index is 0.657. The SMILES string of the molecule is O=C(O)C1(c2cnc3n2CCS3)CCCC1. The van der Waals surface area contributed by atoms with Gasteiger partial charge in [0.25, 0.3) is 0 Å². The molecule has 5 heteroatoms. The maximum Gasteiger partial charge on any atom is 0.315 e. The molecular formula is C11H14N2O2S. The van der Waals surface area contributed by atoms with Crippen molar-refractivity contribution in [3.05, 3.63) is 11.9 Å². The maximum absolute atomic E-state index is 11.6. The Hall–Kier alpha value is -0.970. The molecule has 86 valence electrons. The van der Waals surface area contributed by atoms with Crippen molar-refractivity contribution in [2.75, 3.05) is 5.75 Å². The minimum Gasteiger partial charge on any atom is -0.481 e. The molecule has 0 spiro atoms. The van der Waals surface area contributed by atoms with E-state index in [0.29, 0.717) is 0 Å². The molecule has 0 bridgehead atoms. The second-order valence-electron chi connectivity index (χ2n) is 4.52. The molecule has 1 aromatic rings. The summed E-state index contributed by atoms with van der Waals surface area (Å²) in [4.78, 5) is 15.9. The van der Waals surface area contributed by atoms with Gasteiger partial charge in [-0.25, -0.2) is 4.98 Å². The number of carboxylic acid groups (broad SMARTS) is 1. The Morgan fingerprint density at radius 3 is 2.94 bits per heavy atom. The third kappa shape index (κ3) is 1.24. The van der Waals surface area contributed by atoms with E-state index in [-0.39, 0.29) is 0 Å². The summed E-state index contributed by atoms with van der Waals surface area (Å²) in [6.45, 7) is 0.907. The number of aromatic nitrogens is 2. The Morgan fingerprint density at radius 2 is 2.25 bits per heavy atom. The first-order valence-electron chi connectivity index (χ1n) is 5.66. The lowest BCUT2D eigenvalue weighted by Crippen LogP contribution is -2.34. The van der Waals surface area contributed by atoms with Crippen LogP contribution in [-0.4, -0.2) is 26.4 Å². The summed E-state index contributed by atoms with van der Waals surface area (Å²) in [5.74, 6) is 0.343. The van der Waals surface area contributed by atoms with Crippen LogP contribution in [0.15, 0.2) is 11.4 Å². The summed E-state index contributed by atoms with van der Waals surface area (Å²) in [5.41, 5.74) is 0.272. The number of thioether (sulfide) groups is 1. The smallest absolute Gasteiger partial charge is 0.315 e. The van der Waals surface area contributed by atoms with Crippen LogP contribution < -0.4 is 0 Å². The average Bonchev–Trinajstić information content (AvgIpc) is 2.93. The minimum atomic E-state index is -0.676. The molecule has 2 aliphatic rings. The fraction of sp³-hybridized carbons (Fsp3) is 0.636. The predicted octanol–water partition coefficient (Wildman–Crippen LogP) is 1.89. The highest BCUT2D eigenvalue weighted by Gasteiger charge is 2.46. The third-order valence-corrected chi connectivity index (χ3v) is 4.69. The Morgan fingerprint density at radius 1 is 1.50 bits per heavy atom. The summed E-state index contributed by atoms with van der Waals surface area (Å²) in [6, 6.07) is 0. The summed E-state index contributed by atoms with van der Waals surface area (Å²) in [7, 11) is 0. The van der Waals surface area contributed by atoms with Crippen LogP contribution in [0.1, 0.15) is 31.4 Å². The summed E-state index contributed by atoms with van der Waals surface area (Å²) in [5, 5.41) is 10.5. The number of imidazole rings is 1. The number of hydrogen-bond acceptors (Lipinski definition) is 3. The van der Waals surface area contributed by atoms with Crippen molar-refractivity contribution in [3.63, 3.8) is 0 Å². The number of carbonyl (C=O) groups is 1. The van der Waals surface area contributed by atoms with Crippen molar-refractivity contribution < 1.29 is 9.90 Å². The summed E-state index contributed by atoms with van der Waals surface area (Å²) in [6.07, 6.45) is 5.33. The first kappa shape index (κ1) is 10.2. The molecule has 1 aliphatic carbocycles. The summed E-state index contributed by atoms with van der Waals surface area (Å²) >= 11 is 1.72. The highest BCUT2D eigenvalue weighted by atomic mass is 32.2. The molecule has 0 amide bonds. The van der Waals surface area contributed by atoms with Gasteiger partial charge in [0.15, 0.2) is 5.16 Å². The topological polar surface area (TPSA) is 55.1 Å². The van der Waals surface area contributed by atoms with Gasteiger partial charge in [-0.15, -0.1) is 0 Å². The molecule has 2 heterocycles. The predicted molar refractivity (Wildman–Crippen MR) is 60.7 cm³/mol. The zero-order valence-corrected chi connectivity index (χ0v) is 9.79. The first-order valence-corrected chi connectivity index (χ1v) is 6.65. The van der Waals surface area contributed by atoms with E-state index in [4.69, 9.17) is 0 Å². The van der Waals surface area contributed by atoms with E-state index in [9.17, 15) is 9.90 Å². The molecular weight excluding hydrogens is 224 g/mol. The number of aliphatic carboxylic acids is 1. The van der Waals surface area contributed by atoms with E-state index in [1.165, 1.54) is 0 Å². The van der Waals surface area contributed by atoms with Crippen LogP contribution in [0.25, 0.3) is 0 Å². The lowest BCUT2D eigenvalue weighted by atomic mass is 9.83. The lowest BCUT2D eigenvalue weighted by Gasteiger charge is -2.24. The Balaban J connectivity index is 2.09. The van der Waals surface area contributed by atoms with Crippen LogP contribution in [0.3, 0.4) is 0 Å². The highest BCUT2D eigenvalue weighted by Crippen LogP contribution is 2.43. The second kappa shape index (κ2) is 3.52. The molecule has 0 radical (unpaired) electrons. The second-order valence-corrected chi connectivity index (χ2v) is 5.58. The molecule has 0 saturated heterocycles. The van der Waals surface area contributed by atoms with Gasteiger partial charge in [-0.3, -0.25) is 4.79 Å². The Bertz CT molecular complexity index is 435. The Labute approximate surface area is 98.1 Å². The standard InChI is InChI=1S/C11H14N2O2S/c14-9(15)11(3-1-2-4-11)8-7-12-10-13(8)5-6-16-10/h7H,1-6H2,(H,14,15). The van der Waals surface area contributed by atoms with Crippen molar-refractivity contribution in [1.29, 1.82) is 0 Å². The maximum atomic E-state index is 11.6. The number of hydrogen-bond donors (Lipinski definition) is 1. The van der Waals surface area contributed by atoms with Gasteiger partial charge < -0.3 is 9.67 Å². The molecule has 0 unspecified atom stereocenters. The molecule has 0 atom stereocenters. The molecule has 1 N–H and O–H groups in total. The summed E-state index contributed by atoms with van der Waals surface area (Å²) < 4.78 is 2.10. The fourth-order valence-corrected chi connectivity index (χ4v) is 3.79. The van der Waals surface area contributed by atoms with E-state index >= 15 is 0 Å². The van der Waals surface area contributed by atoms with E-state index in [2.05, 4.69) is 9.55 Å². The van der Waals surface area contributed by atoms with Crippen LogP contribution in [-0.2, 0) is 16.8 Å². The van der Waals surface area contributed by atoms with Crippen molar-refractivity contribution in [2.24, 2.45) is 0 Å².